The fourth-order valence-corrected chi connectivity index (χ4v) is 4.61. The van der Waals surface area contributed by atoms with Crippen molar-refractivity contribution in [3.8, 4) is 0 Å². The summed E-state index contributed by atoms with van der Waals surface area (Å²) in [6.07, 6.45) is 6.26. The van der Waals surface area contributed by atoms with E-state index in [-0.39, 0.29) is 4.90 Å². The van der Waals surface area contributed by atoms with Crippen LogP contribution in [0.25, 0.3) is 0 Å². The highest BCUT2D eigenvalue weighted by Gasteiger charge is 2.28. The molecule has 0 amide bonds. The molecule has 1 aliphatic carbocycles. The monoisotopic (exact) mass is 375 g/mol. The first-order valence-electron chi connectivity index (χ1n) is 7.31. The zero-order valence-corrected chi connectivity index (χ0v) is 14.9. The molecule has 1 fully saturated rings. The Morgan fingerprint density at radius 3 is 2.71 bits per heavy atom. The van der Waals surface area contributed by atoms with E-state index in [1.807, 2.05) is 6.92 Å². The van der Waals surface area contributed by atoms with Gasteiger partial charge in [-0.3, -0.25) is 0 Å². The van der Waals surface area contributed by atoms with Crippen LogP contribution in [0.3, 0.4) is 0 Å². The predicted molar refractivity (Wildman–Crippen MR) is 87.9 cm³/mol. The second-order valence-corrected chi connectivity index (χ2v) is 8.40. The second kappa shape index (κ2) is 7.07. The van der Waals surface area contributed by atoms with Gasteiger partial charge in [-0.25, -0.2) is 17.7 Å². The normalized spacial score (nSPS) is 16.6. The molecule has 1 heterocycles. The molecule has 0 unspecified atom stereocenters. The van der Waals surface area contributed by atoms with Crippen molar-refractivity contribution in [2.75, 3.05) is 25.5 Å². The third-order valence-corrected chi connectivity index (χ3v) is 6.11. The number of hydrogen-bond donors (Lipinski definition) is 1. The van der Waals surface area contributed by atoms with Crippen molar-refractivity contribution in [2.24, 2.45) is 5.92 Å². The van der Waals surface area contributed by atoms with Crippen molar-refractivity contribution in [1.29, 1.82) is 0 Å². The minimum Gasteiger partial charge on any atom is -0.369 e. The van der Waals surface area contributed by atoms with E-state index in [1.165, 1.54) is 17.1 Å². The van der Waals surface area contributed by atoms with Gasteiger partial charge in [-0.15, -0.1) is 0 Å². The largest absolute Gasteiger partial charge is 0.369 e. The van der Waals surface area contributed by atoms with E-state index in [1.54, 1.807) is 19.3 Å². The maximum atomic E-state index is 12.8. The van der Waals surface area contributed by atoms with Gasteiger partial charge in [-0.05, 0) is 47.7 Å². The standard InChI is InChI=1S/C14H22BrN3O2S/c1-3-16-14-13(8-12(15)9-17-14)21(19,20)18(2)10-11-6-4-5-7-11/h8-9,11H,3-7,10H2,1-2H3,(H,16,17). The van der Waals surface area contributed by atoms with Gasteiger partial charge < -0.3 is 5.32 Å². The molecular weight excluding hydrogens is 354 g/mol. The molecule has 1 aliphatic rings. The highest BCUT2D eigenvalue weighted by Crippen LogP contribution is 2.29. The van der Waals surface area contributed by atoms with Crippen molar-refractivity contribution in [3.63, 3.8) is 0 Å². The maximum Gasteiger partial charge on any atom is 0.246 e. The van der Waals surface area contributed by atoms with E-state index in [9.17, 15) is 8.42 Å². The number of nitrogens with zero attached hydrogens (tertiary/aromatic N) is 2. The van der Waals surface area contributed by atoms with Gasteiger partial charge in [0.1, 0.15) is 10.7 Å². The first kappa shape index (κ1) is 16.7. The molecule has 2 rings (SSSR count). The first-order valence-corrected chi connectivity index (χ1v) is 9.54. The van der Waals surface area contributed by atoms with Crippen molar-refractivity contribution in [2.45, 2.75) is 37.5 Å². The average Bonchev–Trinajstić information content (AvgIpc) is 2.93. The third-order valence-electron chi connectivity index (χ3n) is 3.84. The van der Waals surface area contributed by atoms with Gasteiger partial charge in [0, 0.05) is 30.8 Å². The van der Waals surface area contributed by atoms with E-state index in [2.05, 4.69) is 26.2 Å². The summed E-state index contributed by atoms with van der Waals surface area (Å²) < 4.78 is 27.7. The summed E-state index contributed by atoms with van der Waals surface area (Å²) in [7, 11) is -1.87. The third kappa shape index (κ3) is 3.96. The van der Waals surface area contributed by atoms with Gasteiger partial charge >= 0.3 is 0 Å². The molecule has 1 aromatic rings. The number of hydrogen-bond acceptors (Lipinski definition) is 4. The van der Waals surface area contributed by atoms with Crippen LogP contribution in [-0.4, -0.2) is 37.8 Å². The Labute approximate surface area is 135 Å². The second-order valence-electron chi connectivity index (χ2n) is 5.47. The number of sulfonamides is 1. The smallest absolute Gasteiger partial charge is 0.246 e. The van der Waals surface area contributed by atoms with E-state index in [0.717, 1.165) is 12.8 Å². The average molecular weight is 376 g/mol. The lowest BCUT2D eigenvalue weighted by Crippen LogP contribution is -2.32. The Balaban J connectivity index is 2.26. The number of aromatic nitrogens is 1. The molecule has 0 aliphatic heterocycles. The van der Waals surface area contributed by atoms with Crippen LogP contribution in [0.2, 0.25) is 0 Å². The summed E-state index contributed by atoms with van der Waals surface area (Å²) in [5.41, 5.74) is 0. The van der Waals surface area contributed by atoms with Crippen molar-refractivity contribution in [3.05, 3.63) is 16.7 Å². The number of rotatable bonds is 6. The maximum absolute atomic E-state index is 12.8. The number of nitrogens with one attached hydrogen (secondary N) is 1. The molecular formula is C14H22BrN3O2S. The predicted octanol–water partition coefficient (Wildman–Crippen LogP) is 3.09. The number of halogens is 1. The Morgan fingerprint density at radius 1 is 1.43 bits per heavy atom. The molecule has 0 saturated heterocycles. The molecule has 1 N–H and O–H groups in total. The van der Waals surface area contributed by atoms with Crippen molar-refractivity contribution >= 4 is 31.8 Å². The quantitative estimate of drug-likeness (QED) is 0.829. The van der Waals surface area contributed by atoms with Gasteiger partial charge in [-0.2, -0.15) is 0 Å². The fourth-order valence-electron chi connectivity index (χ4n) is 2.74. The summed E-state index contributed by atoms with van der Waals surface area (Å²) in [6.45, 7) is 3.13. The van der Waals surface area contributed by atoms with Crippen LogP contribution in [0.15, 0.2) is 21.6 Å². The number of anilines is 1. The molecule has 5 nitrogen and oxygen atoms in total. The van der Waals surface area contributed by atoms with Gasteiger partial charge in [0.25, 0.3) is 0 Å². The minimum absolute atomic E-state index is 0.235. The van der Waals surface area contributed by atoms with Crippen LogP contribution < -0.4 is 5.32 Å². The molecule has 1 saturated carbocycles. The molecule has 1 aromatic heterocycles. The molecule has 0 atom stereocenters. The summed E-state index contributed by atoms with van der Waals surface area (Å²) in [5, 5.41) is 3.02. The molecule has 21 heavy (non-hydrogen) atoms. The Hall–Kier alpha value is -0.660. The van der Waals surface area contributed by atoms with Crippen LogP contribution in [0.1, 0.15) is 32.6 Å². The lowest BCUT2D eigenvalue weighted by Gasteiger charge is -2.22. The van der Waals surface area contributed by atoms with Gasteiger partial charge in [0.2, 0.25) is 10.0 Å². The zero-order valence-electron chi connectivity index (χ0n) is 12.5. The summed E-state index contributed by atoms with van der Waals surface area (Å²) in [6, 6.07) is 1.62. The van der Waals surface area contributed by atoms with Crippen molar-refractivity contribution < 1.29 is 8.42 Å². The minimum atomic E-state index is -3.52. The highest BCUT2D eigenvalue weighted by atomic mass is 79.9. The van der Waals surface area contributed by atoms with E-state index >= 15 is 0 Å². The van der Waals surface area contributed by atoms with Gasteiger partial charge in [-0.1, -0.05) is 12.8 Å². The first-order chi connectivity index (χ1) is 9.95. The summed E-state index contributed by atoms with van der Waals surface area (Å²) >= 11 is 3.30. The molecule has 118 valence electrons. The Kier molecular flexibility index (Phi) is 5.62. The zero-order chi connectivity index (χ0) is 15.5. The lowest BCUT2D eigenvalue weighted by atomic mass is 10.1. The Morgan fingerprint density at radius 2 is 2.10 bits per heavy atom. The molecule has 0 bridgehead atoms. The van der Waals surface area contributed by atoms with E-state index in [4.69, 9.17) is 0 Å². The van der Waals surface area contributed by atoms with Crippen molar-refractivity contribution in [1.82, 2.24) is 9.29 Å². The highest BCUT2D eigenvalue weighted by molar-refractivity contribution is 9.10. The van der Waals surface area contributed by atoms with E-state index < -0.39 is 10.0 Å². The lowest BCUT2D eigenvalue weighted by molar-refractivity contribution is 0.387. The van der Waals surface area contributed by atoms with Gasteiger partial charge in [0.05, 0.1) is 0 Å². The van der Waals surface area contributed by atoms with E-state index in [0.29, 0.717) is 29.3 Å². The van der Waals surface area contributed by atoms with Crippen LogP contribution in [0, 0.1) is 5.92 Å². The SMILES string of the molecule is CCNc1ncc(Br)cc1S(=O)(=O)N(C)CC1CCCC1. The van der Waals surface area contributed by atoms with Crippen LogP contribution in [0.5, 0.6) is 0 Å². The van der Waals surface area contributed by atoms with Crippen LogP contribution in [-0.2, 0) is 10.0 Å². The molecule has 7 heteroatoms. The fraction of sp³-hybridized carbons (Fsp3) is 0.643. The van der Waals surface area contributed by atoms with Crippen LogP contribution >= 0.6 is 15.9 Å². The molecule has 0 spiro atoms. The molecule has 0 radical (unpaired) electrons. The van der Waals surface area contributed by atoms with Crippen LogP contribution in [0.4, 0.5) is 5.82 Å². The van der Waals surface area contributed by atoms with Gasteiger partial charge in [0.15, 0.2) is 0 Å². The number of pyridine rings is 1. The molecule has 0 aromatic carbocycles. The topological polar surface area (TPSA) is 62.3 Å². The summed E-state index contributed by atoms with van der Waals surface area (Å²) in [5.74, 6) is 0.895. The Bertz CT molecular complexity index is 586. The summed E-state index contributed by atoms with van der Waals surface area (Å²) in [4.78, 5) is 4.42.